The van der Waals surface area contributed by atoms with Gasteiger partial charge in [-0.1, -0.05) is 79.9 Å². The van der Waals surface area contributed by atoms with Gasteiger partial charge >= 0.3 is 0 Å². The van der Waals surface area contributed by atoms with Gasteiger partial charge in [0.2, 0.25) is 0 Å². The molecule has 0 bridgehead atoms. The molecule has 0 N–H and O–H groups in total. The molecular formula is C32H31NO2. The Bertz CT molecular complexity index is 1210. The Balaban J connectivity index is 1.34. The Morgan fingerprint density at radius 1 is 0.686 bits per heavy atom. The maximum Gasteiger partial charge on any atom is 0.258 e. The van der Waals surface area contributed by atoms with Crippen molar-refractivity contribution in [2.45, 2.75) is 44.6 Å². The molecule has 0 aromatic heterocycles. The molecule has 1 aliphatic rings. The highest BCUT2D eigenvalue weighted by Crippen LogP contribution is 2.33. The van der Waals surface area contributed by atoms with Gasteiger partial charge in [-0.25, -0.2) is 0 Å². The topological polar surface area (TPSA) is 29.5 Å². The van der Waals surface area contributed by atoms with Crippen molar-refractivity contribution >= 4 is 11.6 Å². The van der Waals surface area contributed by atoms with Crippen LogP contribution in [0.2, 0.25) is 0 Å². The minimum atomic E-state index is -0.0289. The fourth-order valence-corrected chi connectivity index (χ4v) is 4.85. The number of hydrogen-bond donors (Lipinski definition) is 0. The van der Waals surface area contributed by atoms with Crippen molar-refractivity contribution in [2.24, 2.45) is 0 Å². The first-order valence-electron chi connectivity index (χ1n) is 12.5. The van der Waals surface area contributed by atoms with Crippen LogP contribution in [-0.2, 0) is 6.54 Å². The molecule has 0 radical (unpaired) electrons. The molecule has 0 aliphatic heterocycles. The monoisotopic (exact) mass is 461 g/mol. The maximum absolute atomic E-state index is 13.6. The summed E-state index contributed by atoms with van der Waals surface area (Å²) in [6.07, 6.45) is 6.60. The van der Waals surface area contributed by atoms with Gasteiger partial charge in [0.05, 0.1) is 6.54 Å². The highest BCUT2D eigenvalue weighted by molar-refractivity contribution is 6.06. The highest BCUT2D eigenvalue weighted by atomic mass is 16.5. The van der Waals surface area contributed by atoms with E-state index in [4.69, 9.17) is 4.74 Å². The summed E-state index contributed by atoms with van der Waals surface area (Å²) < 4.78 is 5.89. The van der Waals surface area contributed by atoms with E-state index in [2.05, 4.69) is 24.3 Å². The third-order valence-electron chi connectivity index (χ3n) is 6.79. The molecular weight excluding hydrogens is 430 g/mol. The lowest BCUT2D eigenvalue weighted by Crippen LogP contribution is -2.30. The van der Waals surface area contributed by atoms with E-state index in [1.807, 2.05) is 89.8 Å². The minimum Gasteiger partial charge on any atom is -0.457 e. The van der Waals surface area contributed by atoms with Crippen LogP contribution in [-0.4, -0.2) is 5.91 Å². The van der Waals surface area contributed by atoms with E-state index in [1.54, 1.807) is 0 Å². The highest BCUT2D eigenvalue weighted by Gasteiger charge is 2.19. The second-order valence-electron chi connectivity index (χ2n) is 9.24. The number of ether oxygens (including phenoxy) is 1. The number of anilines is 1. The second kappa shape index (κ2) is 11.1. The van der Waals surface area contributed by atoms with E-state index < -0.39 is 0 Å². The average Bonchev–Trinajstić information content (AvgIpc) is 2.94. The first-order chi connectivity index (χ1) is 17.3. The number of para-hydroxylation sites is 2. The lowest BCUT2D eigenvalue weighted by molar-refractivity contribution is 0.0985. The molecule has 0 atom stereocenters. The van der Waals surface area contributed by atoms with Crippen LogP contribution in [0.25, 0.3) is 0 Å². The number of carbonyl (C=O) groups excluding carboxylic acids is 1. The van der Waals surface area contributed by atoms with E-state index in [0.29, 0.717) is 23.8 Å². The predicted octanol–water partition coefficient (Wildman–Crippen LogP) is 8.37. The van der Waals surface area contributed by atoms with Gasteiger partial charge in [-0.3, -0.25) is 4.79 Å². The zero-order valence-electron chi connectivity index (χ0n) is 20.0. The van der Waals surface area contributed by atoms with Gasteiger partial charge in [-0.15, -0.1) is 0 Å². The third kappa shape index (κ3) is 5.81. The maximum atomic E-state index is 13.6. The second-order valence-corrected chi connectivity index (χ2v) is 9.24. The molecule has 1 fully saturated rings. The van der Waals surface area contributed by atoms with Crippen molar-refractivity contribution in [3.63, 3.8) is 0 Å². The average molecular weight is 462 g/mol. The van der Waals surface area contributed by atoms with Crippen molar-refractivity contribution in [1.29, 1.82) is 0 Å². The van der Waals surface area contributed by atoms with Gasteiger partial charge < -0.3 is 9.64 Å². The van der Waals surface area contributed by atoms with Crippen LogP contribution in [0.15, 0.2) is 109 Å². The van der Waals surface area contributed by atoms with E-state index in [1.165, 1.54) is 37.7 Å². The fraction of sp³-hybridized carbons (Fsp3) is 0.219. The van der Waals surface area contributed by atoms with Gasteiger partial charge in [0, 0.05) is 11.3 Å². The van der Waals surface area contributed by atoms with Crippen molar-refractivity contribution < 1.29 is 9.53 Å². The molecule has 176 valence electrons. The van der Waals surface area contributed by atoms with E-state index in [9.17, 15) is 4.79 Å². The zero-order chi connectivity index (χ0) is 23.9. The van der Waals surface area contributed by atoms with Gasteiger partial charge in [-0.2, -0.15) is 0 Å². The standard InChI is InChI=1S/C32H31NO2/c34-32(28-20-22-31(23-21-28)35-30-14-8-3-9-15-30)33(29-12-6-2-7-13-29)24-25-16-18-27(19-17-25)26-10-4-1-5-11-26/h2-3,6-9,12-23,26H,1,4-5,10-11,24H2. The number of carbonyl (C=O) groups is 1. The Morgan fingerprint density at radius 2 is 1.29 bits per heavy atom. The zero-order valence-corrected chi connectivity index (χ0v) is 20.0. The molecule has 3 heteroatoms. The molecule has 4 aromatic rings. The number of rotatable bonds is 7. The number of benzene rings is 4. The Kier molecular flexibility index (Phi) is 7.24. The van der Waals surface area contributed by atoms with Crippen LogP contribution in [0, 0.1) is 0 Å². The summed E-state index contributed by atoms with van der Waals surface area (Å²) in [5.41, 5.74) is 4.08. The van der Waals surface area contributed by atoms with Crippen LogP contribution in [0.5, 0.6) is 11.5 Å². The molecule has 0 unspecified atom stereocenters. The Morgan fingerprint density at radius 3 is 1.94 bits per heavy atom. The van der Waals surface area contributed by atoms with Gasteiger partial charge in [0.1, 0.15) is 11.5 Å². The van der Waals surface area contributed by atoms with E-state index in [0.717, 1.165) is 17.0 Å². The number of nitrogens with zero attached hydrogens (tertiary/aromatic N) is 1. The summed E-state index contributed by atoms with van der Waals surface area (Å²) in [4.78, 5) is 15.5. The van der Waals surface area contributed by atoms with Gasteiger partial charge in [0.15, 0.2) is 0 Å². The molecule has 35 heavy (non-hydrogen) atoms. The molecule has 5 rings (SSSR count). The summed E-state index contributed by atoms with van der Waals surface area (Å²) >= 11 is 0. The van der Waals surface area contributed by atoms with E-state index in [-0.39, 0.29) is 5.91 Å². The molecule has 1 aliphatic carbocycles. The Hall–Kier alpha value is -3.85. The largest absolute Gasteiger partial charge is 0.457 e. The predicted molar refractivity (Wildman–Crippen MR) is 142 cm³/mol. The lowest BCUT2D eigenvalue weighted by Gasteiger charge is -2.25. The van der Waals surface area contributed by atoms with E-state index >= 15 is 0 Å². The first kappa shape index (κ1) is 22.9. The summed E-state index contributed by atoms with van der Waals surface area (Å²) in [7, 11) is 0. The smallest absolute Gasteiger partial charge is 0.258 e. The van der Waals surface area contributed by atoms with Crippen molar-refractivity contribution in [1.82, 2.24) is 0 Å². The number of amides is 1. The van der Waals surface area contributed by atoms with Crippen LogP contribution < -0.4 is 9.64 Å². The van der Waals surface area contributed by atoms with Crippen molar-refractivity contribution in [3.8, 4) is 11.5 Å². The summed E-state index contributed by atoms with van der Waals surface area (Å²) in [5, 5.41) is 0. The SMILES string of the molecule is O=C(c1ccc(Oc2ccccc2)cc1)N(Cc1ccc(C2CCCCC2)cc1)c1ccccc1. The van der Waals surface area contributed by atoms with Crippen LogP contribution in [0.1, 0.15) is 59.5 Å². The molecule has 0 heterocycles. The lowest BCUT2D eigenvalue weighted by atomic mass is 9.84. The molecule has 1 saturated carbocycles. The van der Waals surface area contributed by atoms with Gasteiger partial charge in [0.25, 0.3) is 5.91 Å². The van der Waals surface area contributed by atoms with Crippen LogP contribution in [0.3, 0.4) is 0 Å². The summed E-state index contributed by atoms with van der Waals surface area (Å²) in [5.74, 6) is 2.13. The van der Waals surface area contributed by atoms with Crippen molar-refractivity contribution in [2.75, 3.05) is 4.90 Å². The third-order valence-corrected chi connectivity index (χ3v) is 6.79. The molecule has 4 aromatic carbocycles. The summed E-state index contributed by atoms with van der Waals surface area (Å²) in [6, 6.07) is 35.8. The Labute approximate surface area is 208 Å². The quantitative estimate of drug-likeness (QED) is 0.277. The van der Waals surface area contributed by atoms with Crippen LogP contribution >= 0.6 is 0 Å². The molecule has 1 amide bonds. The molecule has 0 spiro atoms. The molecule has 0 saturated heterocycles. The number of hydrogen-bond acceptors (Lipinski definition) is 2. The van der Waals surface area contributed by atoms with Crippen molar-refractivity contribution in [3.05, 3.63) is 126 Å². The van der Waals surface area contributed by atoms with Gasteiger partial charge in [-0.05, 0) is 78.4 Å². The first-order valence-corrected chi connectivity index (χ1v) is 12.5. The summed E-state index contributed by atoms with van der Waals surface area (Å²) in [6.45, 7) is 0.524. The van der Waals surface area contributed by atoms with Crippen LogP contribution in [0.4, 0.5) is 5.69 Å². The fourth-order valence-electron chi connectivity index (χ4n) is 4.85. The minimum absolute atomic E-state index is 0.0289. The normalized spacial score (nSPS) is 13.8. The molecule has 3 nitrogen and oxygen atoms in total.